The molecule has 0 saturated carbocycles. The molecule has 11 nitrogen and oxygen atoms in total. The number of hydrogen-bond donors (Lipinski definition) is 2. The van der Waals surface area contributed by atoms with Crippen LogP contribution in [0.5, 0.6) is 5.75 Å². The standard InChI is InChI=1S/C31H38N8O3/c1-21(19-40)16-32-26-13-27(30(42-5)15-29(26)37(2)24-8-9-39(18-24)10-11-41-4)36-31-14-25(33-20-34-31)22-6-7-28-23(12-22)17-35-38(28)3/h6-7,12-15,17,19-20,24,32H,1,8-11,16,18H2,2-5H3,(H,33,34,36). The van der Waals surface area contributed by atoms with Gasteiger partial charge in [0.05, 0.1) is 48.2 Å². The third-order valence-corrected chi connectivity index (χ3v) is 7.75. The van der Waals surface area contributed by atoms with Crippen molar-refractivity contribution in [2.75, 3.05) is 69.6 Å². The van der Waals surface area contributed by atoms with Gasteiger partial charge in [0.25, 0.3) is 0 Å². The second-order valence-corrected chi connectivity index (χ2v) is 10.5. The topological polar surface area (TPSA) is 110 Å². The Labute approximate surface area is 246 Å². The van der Waals surface area contributed by atoms with Crippen LogP contribution in [0.15, 0.2) is 61.1 Å². The molecule has 1 saturated heterocycles. The van der Waals surface area contributed by atoms with Gasteiger partial charge in [-0.25, -0.2) is 9.97 Å². The Morgan fingerprint density at radius 2 is 2.05 bits per heavy atom. The van der Waals surface area contributed by atoms with E-state index in [1.54, 1.807) is 20.5 Å². The van der Waals surface area contributed by atoms with Gasteiger partial charge >= 0.3 is 0 Å². The molecule has 220 valence electrons. The number of hydrogen-bond acceptors (Lipinski definition) is 10. The molecule has 1 fully saturated rings. The monoisotopic (exact) mass is 570 g/mol. The quantitative estimate of drug-likeness (QED) is 0.180. The highest BCUT2D eigenvalue weighted by atomic mass is 16.5. The third-order valence-electron chi connectivity index (χ3n) is 7.75. The van der Waals surface area contributed by atoms with Crippen LogP contribution in [0.1, 0.15) is 6.42 Å². The molecule has 42 heavy (non-hydrogen) atoms. The molecule has 5 rings (SSSR count). The number of rotatable bonds is 13. The molecule has 4 aromatic rings. The second-order valence-electron chi connectivity index (χ2n) is 10.5. The van der Waals surface area contributed by atoms with E-state index in [4.69, 9.17) is 9.47 Å². The average molecular weight is 571 g/mol. The summed E-state index contributed by atoms with van der Waals surface area (Å²) in [4.78, 5) is 25.0. The molecule has 1 aliphatic rings. The second kappa shape index (κ2) is 13.0. The van der Waals surface area contributed by atoms with Gasteiger partial charge in [0.1, 0.15) is 24.2 Å². The molecule has 0 aliphatic carbocycles. The molecule has 3 heterocycles. The molecule has 11 heteroatoms. The van der Waals surface area contributed by atoms with Gasteiger partial charge in [-0.15, -0.1) is 0 Å². The van der Waals surface area contributed by atoms with E-state index in [1.165, 1.54) is 0 Å². The van der Waals surface area contributed by atoms with Crippen molar-refractivity contribution in [3.63, 3.8) is 0 Å². The van der Waals surface area contributed by atoms with E-state index >= 15 is 0 Å². The summed E-state index contributed by atoms with van der Waals surface area (Å²) in [5.74, 6) is 1.29. The lowest BCUT2D eigenvalue weighted by Gasteiger charge is -2.30. The summed E-state index contributed by atoms with van der Waals surface area (Å²) in [5, 5.41) is 12.2. The van der Waals surface area contributed by atoms with Crippen LogP contribution >= 0.6 is 0 Å². The maximum atomic E-state index is 11.3. The predicted molar refractivity (Wildman–Crippen MR) is 167 cm³/mol. The SMILES string of the molecule is C=C(C=O)CNc1cc(Nc2cc(-c3ccc4c(cnn4C)c3)ncn2)c(OC)cc1N(C)C1CCN(CCOC)C1. The predicted octanol–water partition coefficient (Wildman–Crippen LogP) is 4.11. The zero-order valence-electron chi connectivity index (χ0n) is 24.6. The van der Waals surface area contributed by atoms with E-state index in [9.17, 15) is 4.79 Å². The Kier molecular flexibility index (Phi) is 8.99. The van der Waals surface area contributed by atoms with E-state index in [0.29, 0.717) is 36.3 Å². The molecule has 0 amide bonds. The maximum absolute atomic E-state index is 11.3. The molecule has 2 aromatic heterocycles. The van der Waals surface area contributed by atoms with E-state index < -0.39 is 0 Å². The number of carbonyl (C=O) groups excluding carboxylic acids is 1. The van der Waals surface area contributed by atoms with Gasteiger partial charge in [-0.1, -0.05) is 12.6 Å². The van der Waals surface area contributed by atoms with Gasteiger partial charge in [0.15, 0.2) is 0 Å². The van der Waals surface area contributed by atoms with Crippen molar-refractivity contribution in [1.29, 1.82) is 0 Å². The first-order valence-electron chi connectivity index (χ1n) is 13.9. The number of anilines is 4. The first-order chi connectivity index (χ1) is 20.4. The van der Waals surface area contributed by atoms with Gasteiger partial charge in [0.2, 0.25) is 0 Å². The number of nitrogens with zero attached hydrogens (tertiary/aromatic N) is 6. The Balaban J connectivity index is 1.43. The van der Waals surface area contributed by atoms with Gasteiger partial charge in [-0.3, -0.25) is 14.4 Å². The lowest BCUT2D eigenvalue weighted by atomic mass is 10.1. The molecule has 1 aliphatic heterocycles. The molecule has 0 bridgehead atoms. The molecule has 0 spiro atoms. The summed E-state index contributed by atoms with van der Waals surface area (Å²) in [6, 6.07) is 12.4. The number of carbonyl (C=O) groups is 1. The number of likely N-dealkylation sites (tertiary alicyclic amines) is 1. The first-order valence-corrected chi connectivity index (χ1v) is 13.9. The smallest absolute Gasteiger partial charge is 0.147 e. The van der Waals surface area contributed by atoms with E-state index in [1.807, 2.05) is 48.3 Å². The van der Waals surface area contributed by atoms with Crippen LogP contribution < -0.4 is 20.3 Å². The van der Waals surface area contributed by atoms with Crippen LogP contribution in [-0.2, 0) is 16.6 Å². The number of aromatic nitrogens is 4. The lowest BCUT2D eigenvalue weighted by Crippen LogP contribution is -2.35. The molecule has 2 N–H and O–H groups in total. The minimum absolute atomic E-state index is 0.321. The zero-order valence-corrected chi connectivity index (χ0v) is 24.6. The van der Waals surface area contributed by atoms with Crippen LogP contribution in [0.25, 0.3) is 22.2 Å². The minimum atomic E-state index is 0.321. The van der Waals surface area contributed by atoms with Crippen LogP contribution in [0.4, 0.5) is 22.9 Å². The summed E-state index contributed by atoms with van der Waals surface area (Å²) >= 11 is 0. The Morgan fingerprint density at radius 1 is 1.19 bits per heavy atom. The fraction of sp³-hybridized carbons (Fsp3) is 0.355. The van der Waals surface area contributed by atoms with Crippen molar-refractivity contribution in [2.24, 2.45) is 7.05 Å². The Hall–Kier alpha value is -4.48. The lowest BCUT2D eigenvalue weighted by molar-refractivity contribution is -0.104. The van der Waals surface area contributed by atoms with Gasteiger partial charge < -0.3 is 25.0 Å². The number of likely N-dealkylation sites (N-methyl/N-ethyl adjacent to an activating group) is 1. The highest BCUT2D eigenvalue weighted by molar-refractivity contribution is 5.85. The number of aryl methyl sites for hydroxylation is 1. The number of fused-ring (bicyclic) bond motifs is 1. The highest BCUT2D eigenvalue weighted by Crippen LogP contribution is 2.39. The highest BCUT2D eigenvalue weighted by Gasteiger charge is 2.27. The summed E-state index contributed by atoms with van der Waals surface area (Å²) in [7, 11) is 7.41. The molecule has 0 radical (unpaired) electrons. The van der Waals surface area contributed by atoms with Crippen molar-refractivity contribution < 1.29 is 14.3 Å². The van der Waals surface area contributed by atoms with Crippen molar-refractivity contribution >= 4 is 40.1 Å². The zero-order chi connectivity index (χ0) is 29.6. The molecular formula is C31H38N8O3. The number of nitrogens with one attached hydrogen (secondary N) is 2. The number of benzene rings is 2. The third kappa shape index (κ3) is 6.37. The molecule has 1 atom stereocenters. The van der Waals surface area contributed by atoms with Gasteiger partial charge in [-0.2, -0.15) is 5.10 Å². The van der Waals surface area contributed by atoms with Crippen LogP contribution in [-0.4, -0.2) is 91.0 Å². The summed E-state index contributed by atoms with van der Waals surface area (Å²) in [6.07, 6.45) is 5.20. The minimum Gasteiger partial charge on any atom is -0.494 e. The summed E-state index contributed by atoms with van der Waals surface area (Å²) < 4.78 is 13.0. The van der Waals surface area contributed by atoms with Crippen molar-refractivity contribution in [3.05, 3.63) is 61.1 Å². The van der Waals surface area contributed by atoms with E-state index in [-0.39, 0.29) is 0 Å². The van der Waals surface area contributed by atoms with Gasteiger partial charge in [0, 0.05) is 82.1 Å². The van der Waals surface area contributed by atoms with Crippen molar-refractivity contribution in [2.45, 2.75) is 12.5 Å². The molecule has 2 aromatic carbocycles. The summed E-state index contributed by atoms with van der Waals surface area (Å²) in [5.41, 5.74) is 5.84. The van der Waals surface area contributed by atoms with Crippen LogP contribution in [0.3, 0.4) is 0 Å². The fourth-order valence-corrected chi connectivity index (χ4v) is 5.31. The van der Waals surface area contributed by atoms with Crippen molar-refractivity contribution in [1.82, 2.24) is 24.6 Å². The Morgan fingerprint density at radius 3 is 2.83 bits per heavy atom. The fourth-order valence-electron chi connectivity index (χ4n) is 5.31. The van der Waals surface area contributed by atoms with Crippen LogP contribution in [0, 0.1) is 0 Å². The van der Waals surface area contributed by atoms with Crippen LogP contribution in [0.2, 0.25) is 0 Å². The molecule has 1 unspecified atom stereocenters. The average Bonchev–Trinajstić information content (AvgIpc) is 3.65. The molecular weight excluding hydrogens is 532 g/mol. The largest absolute Gasteiger partial charge is 0.494 e. The summed E-state index contributed by atoms with van der Waals surface area (Å²) in [6.45, 7) is 7.75. The number of aldehydes is 1. The van der Waals surface area contributed by atoms with E-state index in [2.05, 4.69) is 55.2 Å². The maximum Gasteiger partial charge on any atom is 0.147 e. The van der Waals surface area contributed by atoms with Gasteiger partial charge in [-0.05, 0) is 24.6 Å². The number of methoxy groups -OCH3 is 2. The normalized spacial score (nSPS) is 15.1. The van der Waals surface area contributed by atoms with Crippen molar-refractivity contribution in [3.8, 4) is 17.0 Å². The number of ether oxygens (including phenoxy) is 2. The van der Waals surface area contributed by atoms with E-state index in [0.717, 1.165) is 71.6 Å². The first kappa shape index (κ1) is 29.0. The Bertz CT molecular complexity index is 1570.